The largest absolute Gasteiger partial charge is 0.416 e. The molecule has 5 nitrogen and oxygen atoms in total. The van der Waals surface area contributed by atoms with Crippen molar-refractivity contribution in [1.29, 1.82) is 0 Å². The minimum absolute atomic E-state index is 0.0417. The maximum Gasteiger partial charge on any atom is 0.416 e. The second kappa shape index (κ2) is 7.85. The molecule has 0 bridgehead atoms. The lowest BCUT2D eigenvalue weighted by Gasteiger charge is -2.33. The molecule has 134 valence electrons. The summed E-state index contributed by atoms with van der Waals surface area (Å²) in [4.78, 5) is 13.9. The lowest BCUT2D eigenvalue weighted by molar-refractivity contribution is -0.138. The van der Waals surface area contributed by atoms with Crippen LogP contribution in [0.25, 0.3) is 0 Å². The van der Waals surface area contributed by atoms with Gasteiger partial charge in [0.15, 0.2) is 0 Å². The van der Waals surface area contributed by atoms with Crippen LogP contribution in [0.15, 0.2) is 24.3 Å². The number of nitrogens with zero attached hydrogens (tertiary/aromatic N) is 1. The Bertz CT molecular complexity index is 564. The number of morpholine rings is 1. The Hall–Kier alpha value is -1.80. The van der Waals surface area contributed by atoms with E-state index in [1.54, 1.807) is 7.11 Å². The number of rotatable bonds is 4. The van der Waals surface area contributed by atoms with Crippen LogP contribution in [0.5, 0.6) is 0 Å². The first-order valence-corrected chi connectivity index (χ1v) is 7.65. The van der Waals surface area contributed by atoms with E-state index >= 15 is 0 Å². The molecule has 0 saturated carbocycles. The van der Waals surface area contributed by atoms with Crippen molar-refractivity contribution in [3.8, 4) is 0 Å². The van der Waals surface area contributed by atoms with Gasteiger partial charge in [0.2, 0.25) is 0 Å². The van der Waals surface area contributed by atoms with Crippen molar-refractivity contribution in [2.24, 2.45) is 0 Å². The Morgan fingerprint density at radius 3 is 2.83 bits per heavy atom. The lowest BCUT2D eigenvalue weighted by Crippen LogP contribution is -2.51. The van der Waals surface area contributed by atoms with Gasteiger partial charge in [0.1, 0.15) is 0 Å². The van der Waals surface area contributed by atoms with Crippen molar-refractivity contribution < 1.29 is 27.4 Å². The number of hydrogen-bond acceptors (Lipinski definition) is 3. The van der Waals surface area contributed by atoms with Gasteiger partial charge in [-0.05, 0) is 18.6 Å². The normalized spacial score (nSPS) is 19.9. The molecule has 1 N–H and O–H groups in total. The highest BCUT2D eigenvalue weighted by molar-refractivity contribution is 5.75. The van der Waals surface area contributed by atoms with E-state index in [2.05, 4.69) is 5.32 Å². The van der Waals surface area contributed by atoms with Gasteiger partial charge in [-0.2, -0.15) is 13.2 Å². The summed E-state index contributed by atoms with van der Waals surface area (Å²) in [6.45, 7) is 2.99. The van der Waals surface area contributed by atoms with E-state index in [0.29, 0.717) is 26.3 Å². The van der Waals surface area contributed by atoms with Gasteiger partial charge in [0, 0.05) is 13.7 Å². The standard InChI is InChI=1S/C16H21F3N2O3/c1-11(13-5-3-4-6-14(13)16(17,18)19)20-15(22)21-7-8-24-12(9-21)10-23-2/h3-6,11-12H,7-10H2,1-2H3,(H,20,22)/t11-,12+/m1/s1. The number of carbonyl (C=O) groups excluding carboxylic acids is 1. The van der Waals surface area contributed by atoms with Crippen LogP contribution in [-0.2, 0) is 15.7 Å². The Balaban J connectivity index is 2.04. The maximum absolute atomic E-state index is 13.1. The second-order valence-electron chi connectivity index (χ2n) is 5.65. The molecule has 2 amide bonds. The zero-order chi connectivity index (χ0) is 17.7. The highest BCUT2D eigenvalue weighted by Crippen LogP contribution is 2.34. The molecule has 0 spiro atoms. The first-order valence-electron chi connectivity index (χ1n) is 7.65. The van der Waals surface area contributed by atoms with Crippen molar-refractivity contribution in [2.45, 2.75) is 25.2 Å². The van der Waals surface area contributed by atoms with Gasteiger partial charge in [-0.1, -0.05) is 18.2 Å². The number of urea groups is 1. The van der Waals surface area contributed by atoms with Crippen molar-refractivity contribution >= 4 is 6.03 Å². The zero-order valence-electron chi connectivity index (χ0n) is 13.6. The van der Waals surface area contributed by atoms with Crippen molar-refractivity contribution in [2.75, 3.05) is 33.4 Å². The molecule has 24 heavy (non-hydrogen) atoms. The van der Waals surface area contributed by atoms with Crippen molar-refractivity contribution in [3.63, 3.8) is 0 Å². The van der Waals surface area contributed by atoms with Gasteiger partial charge in [-0.3, -0.25) is 0 Å². The van der Waals surface area contributed by atoms with E-state index in [-0.39, 0.29) is 11.7 Å². The highest BCUT2D eigenvalue weighted by atomic mass is 19.4. The minimum atomic E-state index is -4.46. The Kier molecular flexibility index (Phi) is 6.06. The SMILES string of the molecule is COC[C@@H]1CN(C(=O)N[C@H](C)c2ccccc2C(F)(F)F)CCO1. The maximum atomic E-state index is 13.1. The van der Waals surface area contributed by atoms with Crippen LogP contribution in [0.3, 0.4) is 0 Å². The summed E-state index contributed by atoms with van der Waals surface area (Å²) < 4.78 is 49.7. The van der Waals surface area contributed by atoms with E-state index in [1.165, 1.54) is 30.0 Å². The van der Waals surface area contributed by atoms with Crippen molar-refractivity contribution in [3.05, 3.63) is 35.4 Å². The first kappa shape index (κ1) is 18.5. The molecule has 0 unspecified atom stereocenters. The lowest BCUT2D eigenvalue weighted by atomic mass is 10.0. The molecule has 0 aromatic heterocycles. The molecule has 1 aromatic rings. The highest BCUT2D eigenvalue weighted by Gasteiger charge is 2.35. The van der Waals surface area contributed by atoms with E-state index in [1.807, 2.05) is 0 Å². The average Bonchev–Trinajstić information content (AvgIpc) is 2.54. The fraction of sp³-hybridized carbons (Fsp3) is 0.562. The van der Waals surface area contributed by atoms with Gasteiger partial charge in [0.25, 0.3) is 0 Å². The third-order valence-corrected chi connectivity index (χ3v) is 3.85. The van der Waals surface area contributed by atoms with Crippen LogP contribution < -0.4 is 5.32 Å². The zero-order valence-corrected chi connectivity index (χ0v) is 13.6. The van der Waals surface area contributed by atoms with E-state index in [9.17, 15) is 18.0 Å². The van der Waals surface area contributed by atoms with Crippen molar-refractivity contribution in [1.82, 2.24) is 10.2 Å². The molecule has 1 saturated heterocycles. The third-order valence-electron chi connectivity index (χ3n) is 3.85. The van der Waals surface area contributed by atoms with Gasteiger partial charge >= 0.3 is 12.2 Å². The van der Waals surface area contributed by atoms with Gasteiger partial charge in [-0.25, -0.2) is 4.79 Å². The Morgan fingerprint density at radius 1 is 1.46 bits per heavy atom. The number of ether oxygens (including phenoxy) is 2. The summed E-state index contributed by atoms with van der Waals surface area (Å²) in [6.07, 6.45) is -4.69. The summed E-state index contributed by atoms with van der Waals surface area (Å²) in [5, 5.41) is 2.63. The number of amides is 2. The molecule has 1 aliphatic heterocycles. The molecule has 1 aromatic carbocycles. The number of hydrogen-bond donors (Lipinski definition) is 1. The van der Waals surface area contributed by atoms with Gasteiger partial charge < -0.3 is 19.7 Å². The van der Waals surface area contributed by atoms with Crippen LogP contribution in [0, 0.1) is 0 Å². The third kappa shape index (κ3) is 4.61. The number of benzene rings is 1. The van der Waals surface area contributed by atoms with Crippen LogP contribution in [0.2, 0.25) is 0 Å². The number of halogens is 3. The van der Waals surface area contributed by atoms with Crippen LogP contribution in [0.4, 0.5) is 18.0 Å². The van der Waals surface area contributed by atoms with Crippen LogP contribution in [-0.4, -0.2) is 50.4 Å². The number of carbonyl (C=O) groups is 1. The predicted octanol–water partition coefficient (Wildman–Crippen LogP) is 2.82. The van der Waals surface area contributed by atoms with E-state index in [4.69, 9.17) is 9.47 Å². The number of nitrogens with one attached hydrogen (secondary N) is 1. The molecular formula is C16H21F3N2O3. The van der Waals surface area contributed by atoms with Crippen LogP contribution in [0.1, 0.15) is 24.1 Å². The average molecular weight is 346 g/mol. The van der Waals surface area contributed by atoms with E-state index in [0.717, 1.165) is 6.07 Å². The molecule has 0 radical (unpaired) electrons. The summed E-state index contributed by atoms with van der Waals surface area (Å²) in [6, 6.07) is 4.07. The smallest absolute Gasteiger partial charge is 0.382 e. The number of alkyl halides is 3. The molecule has 1 aliphatic rings. The summed E-state index contributed by atoms with van der Waals surface area (Å²) in [5.74, 6) is 0. The quantitative estimate of drug-likeness (QED) is 0.912. The van der Waals surface area contributed by atoms with Crippen LogP contribution >= 0.6 is 0 Å². The van der Waals surface area contributed by atoms with Gasteiger partial charge in [0.05, 0.1) is 37.5 Å². The minimum Gasteiger partial charge on any atom is -0.382 e. The molecule has 1 heterocycles. The molecule has 1 fully saturated rings. The Labute approximate surface area is 138 Å². The fourth-order valence-corrected chi connectivity index (χ4v) is 2.68. The first-order chi connectivity index (χ1) is 11.3. The molecule has 2 atom stereocenters. The van der Waals surface area contributed by atoms with E-state index < -0.39 is 23.8 Å². The fourth-order valence-electron chi connectivity index (χ4n) is 2.68. The molecule has 2 rings (SSSR count). The second-order valence-corrected chi connectivity index (χ2v) is 5.65. The molecule has 0 aliphatic carbocycles. The molecule has 8 heteroatoms. The number of methoxy groups -OCH3 is 1. The van der Waals surface area contributed by atoms with Gasteiger partial charge in [-0.15, -0.1) is 0 Å². The monoisotopic (exact) mass is 346 g/mol. The summed E-state index contributed by atoms with van der Waals surface area (Å²) >= 11 is 0. The predicted molar refractivity (Wildman–Crippen MR) is 81.6 cm³/mol. The summed E-state index contributed by atoms with van der Waals surface area (Å²) in [5.41, 5.74) is -0.697. The summed E-state index contributed by atoms with van der Waals surface area (Å²) in [7, 11) is 1.54. The molecular weight excluding hydrogens is 325 g/mol. The topological polar surface area (TPSA) is 50.8 Å². The Morgan fingerprint density at radius 2 is 2.17 bits per heavy atom.